The molecule has 0 radical (unpaired) electrons. The number of carbonyl (C=O) groups excluding carboxylic acids is 1. The summed E-state index contributed by atoms with van der Waals surface area (Å²) in [7, 11) is 0. The number of hydrogen-bond acceptors (Lipinski definition) is 7. The van der Waals surface area contributed by atoms with Gasteiger partial charge in [-0.2, -0.15) is 0 Å². The molecule has 0 fully saturated rings. The third-order valence-corrected chi connectivity index (χ3v) is 6.57. The summed E-state index contributed by atoms with van der Waals surface area (Å²) in [6, 6.07) is 14.9. The van der Waals surface area contributed by atoms with Gasteiger partial charge < -0.3 is 5.84 Å². The molecule has 0 bridgehead atoms. The van der Waals surface area contributed by atoms with E-state index < -0.39 is 0 Å². The Bertz CT molecular complexity index is 1250. The van der Waals surface area contributed by atoms with E-state index in [4.69, 9.17) is 5.84 Å². The Morgan fingerprint density at radius 2 is 1.90 bits per heavy atom. The number of hydrogen-bond donors (Lipinski definition) is 1. The van der Waals surface area contributed by atoms with E-state index in [2.05, 4.69) is 25.9 Å². The number of benzene rings is 2. The first-order valence-corrected chi connectivity index (χ1v) is 11.3. The summed E-state index contributed by atoms with van der Waals surface area (Å²) >= 11 is 6.03. The molecule has 4 aromatic rings. The van der Waals surface area contributed by atoms with Crippen LogP contribution in [0.5, 0.6) is 0 Å². The Balaban J connectivity index is 1.43. The normalized spacial score (nSPS) is 11.1. The van der Waals surface area contributed by atoms with E-state index in [1.807, 2.05) is 29.6 Å². The first kappa shape index (κ1) is 19.8. The van der Waals surface area contributed by atoms with Crippen molar-refractivity contribution in [2.24, 2.45) is 0 Å². The molecule has 2 aromatic heterocycles. The molecule has 0 saturated carbocycles. The minimum absolute atomic E-state index is 0.00545. The SMILES string of the molecule is Nn1c(SCC(=O)Cc2nc(-c3ccc(Br)cc3)cs2)nc2ccccc2c1=O. The maximum absolute atomic E-state index is 12.4. The van der Waals surface area contributed by atoms with Crippen LogP contribution in [0.2, 0.25) is 0 Å². The fourth-order valence-electron chi connectivity index (χ4n) is 2.74. The number of carbonyl (C=O) groups is 1. The molecule has 4 rings (SSSR count). The molecule has 9 heteroatoms. The van der Waals surface area contributed by atoms with E-state index in [1.54, 1.807) is 24.3 Å². The van der Waals surface area contributed by atoms with Crippen molar-refractivity contribution in [1.29, 1.82) is 0 Å². The molecule has 146 valence electrons. The lowest BCUT2D eigenvalue weighted by molar-refractivity contribution is -0.116. The zero-order chi connectivity index (χ0) is 20.4. The summed E-state index contributed by atoms with van der Waals surface area (Å²) in [4.78, 5) is 33.7. The van der Waals surface area contributed by atoms with Crippen molar-refractivity contribution in [3.8, 4) is 11.3 Å². The van der Waals surface area contributed by atoms with Crippen molar-refractivity contribution in [3.05, 3.63) is 73.7 Å². The Morgan fingerprint density at radius 1 is 1.14 bits per heavy atom. The minimum atomic E-state index is -0.329. The third-order valence-electron chi connectivity index (χ3n) is 4.18. The number of nitrogens with two attached hydrogens (primary N) is 1. The topological polar surface area (TPSA) is 90.9 Å². The monoisotopic (exact) mass is 486 g/mol. The largest absolute Gasteiger partial charge is 0.334 e. The number of rotatable bonds is 6. The van der Waals surface area contributed by atoms with Crippen LogP contribution >= 0.6 is 39.0 Å². The van der Waals surface area contributed by atoms with Gasteiger partial charge >= 0.3 is 0 Å². The molecule has 29 heavy (non-hydrogen) atoms. The molecule has 0 atom stereocenters. The first-order chi connectivity index (χ1) is 14.0. The molecule has 0 aliphatic heterocycles. The van der Waals surface area contributed by atoms with Crippen molar-refractivity contribution in [1.82, 2.24) is 14.6 Å². The number of para-hydroxylation sites is 1. The van der Waals surface area contributed by atoms with E-state index >= 15 is 0 Å². The molecular formula is C20H15BrN4O2S2. The molecule has 6 nitrogen and oxygen atoms in total. The van der Waals surface area contributed by atoms with Crippen LogP contribution in [0.15, 0.2) is 68.3 Å². The standard InChI is InChI=1S/C20H15BrN4O2S2/c21-13-7-5-12(6-8-13)17-11-28-18(23-17)9-14(26)10-29-20-24-16-4-2-1-3-15(16)19(27)25(20)22/h1-8,11H,9-10,22H2. The highest BCUT2D eigenvalue weighted by Gasteiger charge is 2.13. The molecule has 0 saturated heterocycles. The highest BCUT2D eigenvalue weighted by Crippen LogP contribution is 2.24. The van der Waals surface area contributed by atoms with Gasteiger partial charge in [-0.1, -0.05) is 52.0 Å². The number of nitrogens with zero attached hydrogens (tertiary/aromatic N) is 3. The molecule has 0 amide bonds. The molecule has 2 aromatic carbocycles. The van der Waals surface area contributed by atoms with Gasteiger partial charge in [-0.25, -0.2) is 14.6 Å². The smallest absolute Gasteiger partial charge is 0.280 e. The highest BCUT2D eigenvalue weighted by atomic mass is 79.9. The maximum atomic E-state index is 12.4. The summed E-state index contributed by atoms with van der Waals surface area (Å²) in [5.41, 5.74) is 2.09. The van der Waals surface area contributed by atoms with Crippen LogP contribution in [0, 0.1) is 0 Å². The molecular weight excluding hydrogens is 472 g/mol. The predicted molar refractivity (Wildman–Crippen MR) is 121 cm³/mol. The highest BCUT2D eigenvalue weighted by molar-refractivity contribution is 9.10. The molecule has 0 aliphatic carbocycles. The molecule has 2 heterocycles. The van der Waals surface area contributed by atoms with Crippen LogP contribution < -0.4 is 11.4 Å². The summed E-state index contributed by atoms with van der Waals surface area (Å²) < 4.78 is 2.00. The summed E-state index contributed by atoms with van der Waals surface area (Å²) in [6.07, 6.45) is 0.233. The van der Waals surface area contributed by atoms with Gasteiger partial charge in [0.2, 0.25) is 0 Å². The number of halogens is 1. The fourth-order valence-corrected chi connectivity index (χ4v) is 4.61. The molecule has 0 spiro atoms. The maximum Gasteiger partial charge on any atom is 0.280 e. The molecule has 2 N–H and O–H groups in total. The van der Waals surface area contributed by atoms with Crippen molar-refractivity contribution >= 4 is 55.7 Å². The zero-order valence-electron chi connectivity index (χ0n) is 15.0. The number of ketones is 1. The van der Waals surface area contributed by atoms with Gasteiger partial charge in [0.15, 0.2) is 5.16 Å². The number of aromatic nitrogens is 3. The van der Waals surface area contributed by atoms with Crippen LogP contribution in [0.1, 0.15) is 5.01 Å². The van der Waals surface area contributed by atoms with E-state index in [0.29, 0.717) is 16.1 Å². The Hall–Kier alpha value is -2.49. The second kappa shape index (κ2) is 8.48. The third kappa shape index (κ3) is 4.42. The minimum Gasteiger partial charge on any atom is -0.334 e. The number of nitrogen functional groups attached to an aromatic ring is 1. The Kier molecular flexibility index (Phi) is 5.79. The van der Waals surface area contributed by atoms with Crippen LogP contribution in [-0.4, -0.2) is 26.2 Å². The first-order valence-electron chi connectivity index (χ1n) is 8.63. The quantitative estimate of drug-likeness (QED) is 0.252. The second-order valence-electron chi connectivity index (χ2n) is 6.22. The lowest BCUT2D eigenvalue weighted by Gasteiger charge is -2.07. The van der Waals surface area contributed by atoms with Gasteiger partial charge in [0, 0.05) is 15.4 Å². The molecule has 0 aliphatic rings. The second-order valence-corrected chi connectivity index (χ2v) is 9.03. The van der Waals surface area contributed by atoms with Gasteiger partial charge in [0.1, 0.15) is 10.8 Å². The van der Waals surface area contributed by atoms with Crippen molar-refractivity contribution < 1.29 is 4.79 Å². The molecule has 0 unspecified atom stereocenters. The van der Waals surface area contributed by atoms with Crippen LogP contribution in [-0.2, 0) is 11.2 Å². The summed E-state index contributed by atoms with van der Waals surface area (Å²) in [5, 5.41) is 3.47. The van der Waals surface area contributed by atoms with Gasteiger partial charge in [-0.15, -0.1) is 11.3 Å². The van der Waals surface area contributed by atoms with Crippen molar-refractivity contribution in [2.75, 3.05) is 11.6 Å². The van der Waals surface area contributed by atoms with E-state index in [1.165, 1.54) is 11.3 Å². The van der Waals surface area contributed by atoms with Gasteiger partial charge in [0.25, 0.3) is 5.56 Å². The van der Waals surface area contributed by atoms with Gasteiger partial charge in [0.05, 0.1) is 28.8 Å². The van der Waals surface area contributed by atoms with E-state index in [-0.39, 0.29) is 23.5 Å². The van der Waals surface area contributed by atoms with Crippen molar-refractivity contribution in [3.63, 3.8) is 0 Å². The fraction of sp³-hybridized carbons (Fsp3) is 0.100. The number of thioether (sulfide) groups is 1. The van der Waals surface area contributed by atoms with Crippen LogP contribution in [0.4, 0.5) is 0 Å². The van der Waals surface area contributed by atoms with E-state index in [9.17, 15) is 9.59 Å². The predicted octanol–water partition coefficient (Wildman–Crippen LogP) is 3.90. The lowest BCUT2D eigenvalue weighted by atomic mass is 10.2. The lowest BCUT2D eigenvalue weighted by Crippen LogP contribution is -2.30. The summed E-state index contributed by atoms with van der Waals surface area (Å²) in [6.45, 7) is 0. The Morgan fingerprint density at radius 3 is 2.69 bits per heavy atom. The van der Waals surface area contributed by atoms with Crippen molar-refractivity contribution in [2.45, 2.75) is 11.6 Å². The number of Topliss-reactive ketones (excluding diaryl/α,β-unsaturated/α-hetero) is 1. The number of thiazole rings is 1. The van der Waals surface area contributed by atoms with E-state index in [0.717, 1.165) is 37.2 Å². The number of fused-ring (bicyclic) bond motifs is 1. The average molecular weight is 487 g/mol. The Labute approximate surface area is 182 Å². The van der Waals surface area contributed by atoms with Crippen LogP contribution in [0.3, 0.4) is 0 Å². The van der Waals surface area contributed by atoms with Crippen LogP contribution in [0.25, 0.3) is 22.2 Å². The zero-order valence-corrected chi connectivity index (χ0v) is 18.3. The summed E-state index contributed by atoms with van der Waals surface area (Å²) in [5.74, 6) is 6.02. The van der Waals surface area contributed by atoms with Gasteiger partial charge in [-0.05, 0) is 24.3 Å². The average Bonchev–Trinajstić information content (AvgIpc) is 3.18. The van der Waals surface area contributed by atoms with Gasteiger partial charge in [-0.3, -0.25) is 9.59 Å².